The van der Waals surface area contributed by atoms with Crippen molar-refractivity contribution in [3.8, 4) is 0 Å². The summed E-state index contributed by atoms with van der Waals surface area (Å²) < 4.78 is 25.7. The Morgan fingerprint density at radius 3 is 2.52 bits per heavy atom. The molecule has 2 aliphatic heterocycles. The van der Waals surface area contributed by atoms with E-state index < -0.39 is 15.8 Å². The molecule has 0 spiro atoms. The van der Waals surface area contributed by atoms with E-state index in [-0.39, 0.29) is 11.5 Å². The molecule has 0 bridgehead atoms. The quantitative estimate of drug-likeness (QED) is 0.774. The molecule has 7 heteroatoms. The van der Waals surface area contributed by atoms with Crippen molar-refractivity contribution in [2.75, 3.05) is 5.75 Å². The van der Waals surface area contributed by atoms with Crippen LogP contribution < -0.4 is 5.32 Å². The highest BCUT2D eigenvalue weighted by atomic mass is 35.5. The normalized spacial score (nSPS) is 25.4. The van der Waals surface area contributed by atoms with Crippen LogP contribution in [0.1, 0.15) is 43.6 Å². The van der Waals surface area contributed by atoms with Gasteiger partial charge < -0.3 is 5.32 Å². The predicted molar refractivity (Wildman–Crippen MR) is 98.3 cm³/mol. The maximum atomic E-state index is 12.8. The van der Waals surface area contributed by atoms with E-state index in [0.29, 0.717) is 45.3 Å². The summed E-state index contributed by atoms with van der Waals surface area (Å²) in [6.07, 6.45) is 3.26. The summed E-state index contributed by atoms with van der Waals surface area (Å²) in [6, 6.07) is 5.11. The number of benzene rings is 1. The van der Waals surface area contributed by atoms with Gasteiger partial charge in [0.05, 0.1) is 26.6 Å². The number of hydrogen-bond acceptors (Lipinski definition) is 4. The lowest BCUT2D eigenvalue weighted by Crippen LogP contribution is -2.37. The van der Waals surface area contributed by atoms with Gasteiger partial charge in [-0.1, -0.05) is 29.3 Å². The summed E-state index contributed by atoms with van der Waals surface area (Å²) in [5.74, 6) is -0.460. The maximum Gasteiger partial charge on any atom is 0.177 e. The lowest BCUT2D eigenvalue weighted by Gasteiger charge is -2.37. The van der Waals surface area contributed by atoms with Crippen LogP contribution in [-0.4, -0.2) is 20.0 Å². The Kier molecular flexibility index (Phi) is 4.21. The Hall–Kier alpha value is -1.30. The molecule has 4 rings (SSSR count). The molecule has 2 heterocycles. The van der Waals surface area contributed by atoms with E-state index in [1.165, 1.54) is 0 Å². The largest absolute Gasteiger partial charge is 0.361 e. The van der Waals surface area contributed by atoms with Crippen molar-refractivity contribution in [3.05, 3.63) is 55.7 Å². The molecule has 4 nitrogen and oxygen atoms in total. The van der Waals surface area contributed by atoms with Crippen molar-refractivity contribution in [1.29, 1.82) is 0 Å². The van der Waals surface area contributed by atoms with Crippen LogP contribution in [0.2, 0.25) is 10.0 Å². The first kappa shape index (κ1) is 17.1. The third kappa shape index (κ3) is 2.82. The summed E-state index contributed by atoms with van der Waals surface area (Å²) in [4.78, 5) is 13.0. The van der Waals surface area contributed by atoms with Crippen molar-refractivity contribution in [3.63, 3.8) is 0 Å². The molecule has 1 atom stereocenters. The maximum absolute atomic E-state index is 12.8. The zero-order valence-electron chi connectivity index (χ0n) is 13.4. The number of Topliss-reactive ketones (excluding diaryl/α,β-unsaturated/α-hetero) is 1. The van der Waals surface area contributed by atoms with Crippen molar-refractivity contribution in [2.24, 2.45) is 0 Å². The molecule has 1 aliphatic carbocycles. The lowest BCUT2D eigenvalue weighted by atomic mass is 9.79. The molecule has 3 aliphatic rings. The first-order valence-electron chi connectivity index (χ1n) is 8.32. The number of allylic oxidation sites excluding steroid dienone is 4. The van der Waals surface area contributed by atoms with Crippen molar-refractivity contribution >= 4 is 38.8 Å². The molecular formula is C18H17Cl2NO3S. The molecule has 1 unspecified atom stereocenters. The minimum absolute atomic E-state index is 0.0112. The molecule has 0 saturated heterocycles. The minimum Gasteiger partial charge on any atom is -0.361 e. The number of carbonyl (C=O) groups is 1. The first-order chi connectivity index (χ1) is 11.9. The van der Waals surface area contributed by atoms with E-state index in [0.717, 1.165) is 24.2 Å². The predicted octanol–water partition coefficient (Wildman–Crippen LogP) is 4.11. The van der Waals surface area contributed by atoms with E-state index in [1.54, 1.807) is 18.2 Å². The van der Waals surface area contributed by atoms with Gasteiger partial charge in [0.2, 0.25) is 0 Å². The van der Waals surface area contributed by atoms with Gasteiger partial charge in [-0.05, 0) is 43.4 Å². The monoisotopic (exact) mass is 397 g/mol. The molecule has 132 valence electrons. The van der Waals surface area contributed by atoms with Crippen molar-refractivity contribution < 1.29 is 13.2 Å². The second-order valence-corrected chi connectivity index (χ2v) is 9.56. The van der Waals surface area contributed by atoms with E-state index in [4.69, 9.17) is 23.2 Å². The van der Waals surface area contributed by atoms with Crippen molar-refractivity contribution in [1.82, 2.24) is 5.32 Å². The molecule has 1 aromatic rings. The zero-order valence-corrected chi connectivity index (χ0v) is 15.8. The highest BCUT2D eigenvalue weighted by Gasteiger charge is 2.43. The number of carbonyl (C=O) groups excluding carboxylic acids is 1. The van der Waals surface area contributed by atoms with Crippen LogP contribution in [0.4, 0.5) is 0 Å². The highest BCUT2D eigenvalue weighted by Crippen LogP contribution is 2.47. The average molecular weight is 398 g/mol. The summed E-state index contributed by atoms with van der Waals surface area (Å²) in [5.41, 5.74) is 2.88. The second kappa shape index (κ2) is 6.15. The van der Waals surface area contributed by atoms with Gasteiger partial charge >= 0.3 is 0 Å². The fourth-order valence-corrected chi connectivity index (χ4v) is 6.18. The summed E-state index contributed by atoms with van der Waals surface area (Å²) in [7, 11) is -3.42. The SMILES string of the molecule is O=C1CCCC2=C1C(c1ccc(Cl)c(Cl)c1)C1=C(CCCS1(=O)=O)N2. The highest BCUT2D eigenvalue weighted by molar-refractivity contribution is 7.95. The van der Waals surface area contributed by atoms with Crippen LogP contribution in [-0.2, 0) is 14.6 Å². The number of sulfone groups is 1. The van der Waals surface area contributed by atoms with Gasteiger partial charge in [0.1, 0.15) is 0 Å². The van der Waals surface area contributed by atoms with Gasteiger partial charge in [-0.25, -0.2) is 8.42 Å². The first-order valence-corrected chi connectivity index (χ1v) is 10.7. The van der Waals surface area contributed by atoms with Crippen LogP contribution in [0.3, 0.4) is 0 Å². The lowest BCUT2D eigenvalue weighted by molar-refractivity contribution is -0.116. The fraction of sp³-hybridized carbons (Fsp3) is 0.389. The Labute approximate surface area is 156 Å². The summed E-state index contributed by atoms with van der Waals surface area (Å²) in [5, 5.41) is 4.04. The second-order valence-electron chi connectivity index (χ2n) is 6.67. The van der Waals surface area contributed by atoms with Crippen LogP contribution in [0, 0.1) is 0 Å². The molecule has 0 aromatic heterocycles. The third-order valence-electron chi connectivity index (χ3n) is 5.06. The fourth-order valence-electron chi connectivity index (χ4n) is 3.99. The average Bonchev–Trinajstić information content (AvgIpc) is 2.55. The van der Waals surface area contributed by atoms with Crippen LogP contribution in [0.25, 0.3) is 0 Å². The number of nitrogens with one attached hydrogen (secondary N) is 1. The van der Waals surface area contributed by atoms with Gasteiger partial charge in [0, 0.05) is 23.4 Å². The molecular weight excluding hydrogens is 381 g/mol. The minimum atomic E-state index is -3.42. The third-order valence-corrected chi connectivity index (χ3v) is 7.78. The van der Waals surface area contributed by atoms with Crippen LogP contribution >= 0.6 is 23.2 Å². The standard InChI is InChI=1S/C18H17Cl2NO3S/c19-11-7-6-10(9-12(11)20)16-17-13(3-1-5-15(17)22)21-14-4-2-8-25(23,24)18(14)16/h6-7,9,16,21H,1-5,8H2. The molecule has 0 radical (unpaired) electrons. The number of dihydropyridines is 1. The Bertz CT molecular complexity index is 947. The van der Waals surface area contributed by atoms with Gasteiger partial charge in [-0.3, -0.25) is 4.79 Å². The summed E-state index contributed by atoms with van der Waals surface area (Å²) in [6.45, 7) is 0. The van der Waals surface area contributed by atoms with E-state index >= 15 is 0 Å². The van der Waals surface area contributed by atoms with Gasteiger partial charge in [0.25, 0.3) is 0 Å². The molecule has 0 saturated carbocycles. The Morgan fingerprint density at radius 1 is 1.00 bits per heavy atom. The van der Waals surface area contributed by atoms with Crippen LogP contribution in [0.5, 0.6) is 0 Å². The Balaban J connectivity index is 1.97. The van der Waals surface area contributed by atoms with E-state index in [2.05, 4.69) is 5.32 Å². The smallest absolute Gasteiger partial charge is 0.177 e. The van der Waals surface area contributed by atoms with E-state index in [9.17, 15) is 13.2 Å². The summed E-state index contributed by atoms with van der Waals surface area (Å²) >= 11 is 12.2. The molecule has 1 aromatic carbocycles. The van der Waals surface area contributed by atoms with E-state index in [1.807, 2.05) is 0 Å². The van der Waals surface area contributed by atoms with Crippen molar-refractivity contribution in [2.45, 2.75) is 38.0 Å². The molecule has 0 fully saturated rings. The molecule has 25 heavy (non-hydrogen) atoms. The number of hydrogen-bond donors (Lipinski definition) is 1. The number of rotatable bonds is 1. The topological polar surface area (TPSA) is 63.2 Å². The molecule has 1 N–H and O–H groups in total. The van der Waals surface area contributed by atoms with Crippen LogP contribution in [0.15, 0.2) is 40.1 Å². The number of ketones is 1. The van der Waals surface area contributed by atoms with Gasteiger partial charge in [-0.15, -0.1) is 0 Å². The van der Waals surface area contributed by atoms with Gasteiger partial charge in [0.15, 0.2) is 15.6 Å². The van der Waals surface area contributed by atoms with Gasteiger partial charge in [-0.2, -0.15) is 0 Å². The molecule has 0 amide bonds. The Morgan fingerprint density at radius 2 is 1.76 bits per heavy atom. The zero-order chi connectivity index (χ0) is 17.8. The number of halogens is 2.